The van der Waals surface area contributed by atoms with Crippen LogP contribution in [0.15, 0.2) is 65.4 Å². The average Bonchev–Trinajstić information content (AvgIpc) is 2.69. The van der Waals surface area contributed by atoms with E-state index < -0.39 is 0 Å². The van der Waals surface area contributed by atoms with Crippen molar-refractivity contribution in [1.82, 2.24) is 10.3 Å². The van der Waals surface area contributed by atoms with Gasteiger partial charge in [-0.05, 0) is 47.5 Å². The number of ether oxygens (including phenoxy) is 2. The molecule has 1 aromatic heterocycles. The molecule has 1 heterocycles. The third-order valence-electron chi connectivity index (χ3n) is 4.04. The van der Waals surface area contributed by atoms with Crippen LogP contribution in [-0.4, -0.2) is 12.1 Å². The number of nitrogens with zero attached hydrogens (tertiary/aromatic N) is 1. The van der Waals surface area contributed by atoms with Crippen LogP contribution < -0.4 is 14.8 Å². The highest BCUT2D eigenvalue weighted by atomic mass is 79.9. The normalized spacial score (nSPS) is 10.6. The first-order chi connectivity index (χ1) is 13.2. The zero-order valence-corrected chi connectivity index (χ0v) is 17.3. The summed E-state index contributed by atoms with van der Waals surface area (Å²) in [5.74, 6) is 1.41. The molecule has 0 aliphatic rings. The van der Waals surface area contributed by atoms with Crippen molar-refractivity contribution >= 4 is 27.5 Å². The minimum atomic E-state index is 0.407. The van der Waals surface area contributed by atoms with Gasteiger partial charge < -0.3 is 14.8 Å². The van der Waals surface area contributed by atoms with E-state index in [0.29, 0.717) is 29.7 Å². The first kappa shape index (κ1) is 19.7. The van der Waals surface area contributed by atoms with E-state index in [1.54, 1.807) is 19.5 Å². The Morgan fingerprint density at radius 1 is 1.04 bits per heavy atom. The number of aromatic nitrogens is 1. The molecule has 0 spiro atoms. The maximum Gasteiger partial charge on any atom is 0.167 e. The fourth-order valence-corrected chi connectivity index (χ4v) is 3.35. The number of methoxy groups -OCH3 is 1. The van der Waals surface area contributed by atoms with Crippen LogP contribution in [-0.2, 0) is 19.7 Å². The maximum absolute atomic E-state index is 6.12. The predicted molar refractivity (Wildman–Crippen MR) is 111 cm³/mol. The molecular weight excluding hydrogens is 428 g/mol. The molecule has 0 unspecified atom stereocenters. The first-order valence-corrected chi connectivity index (χ1v) is 9.66. The van der Waals surface area contributed by atoms with Crippen LogP contribution in [0.1, 0.15) is 16.7 Å². The Labute approximate surface area is 172 Å². The van der Waals surface area contributed by atoms with Crippen LogP contribution in [0, 0.1) is 0 Å². The summed E-state index contributed by atoms with van der Waals surface area (Å²) in [5, 5.41) is 4.13. The lowest BCUT2D eigenvalue weighted by Gasteiger charge is -2.17. The van der Waals surface area contributed by atoms with Crippen LogP contribution in [0.5, 0.6) is 11.5 Å². The summed E-state index contributed by atoms with van der Waals surface area (Å²) >= 11 is 9.69. The van der Waals surface area contributed by atoms with E-state index in [1.165, 1.54) is 5.56 Å². The molecular formula is C21H20BrClN2O2. The van der Waals surface area contributed by atoms with Gasteiger partial charge in [-0.25, -0.2) is 0 Å². The van der Waals surface area contributed by atoms with Gasteiger partial charge in [0.2, 0.25) is 0 Å². The van der Waals surface area contributed by atoms with Gasteiger partial charge in [-0.1, -0.05) is 39.7 Å². The summed E-state index contributed by atoms with van der Waals surface area (Å²) in [6, 6.07) is 15.5. The van der Waals surface area contributed by atoms with Gasteiger partial charge in [-0.3, -0.25) is 4.98 Å². The SMILES string of the molecule is COc1ccc(Br)c(CNCc2ccncc2)c1OCc1cccc(Cl)c1. The second-order valence-corrected chi connectivity index (χ2v) is 7.23. The summed E-state index contributed by atoms with van der Waals surface area (Å²) in [5.41, 5.74) is 3.18. The molecule has 3 aromatic rings. The highest BCUT2D eigenvalue weighted by Gasteiger charge is 2.15. The lowest BCUT2D eigenvalue weighted by molar-refractivity contribution is 0.280. The fraction of sp³-hybridized carbons (Fsp3) is 0.190. The molecule has 3 rings (SSSR count). The Kier molecular flexibility index (Phi) is 7.10. The van der Waals surface area contributed by atoms with Crippen molar-refractivity contribution in [1.29, 1.82) is 0 Å². The molecule has 6 heteroatoms. The topological polar surface area (TPSA) is 43.4 Å². The summed E-state index contributed by atoms with van der Waals surface area (Å²) in [7, 11) is 1.64. The molecule has 0 saturated heterocycles. The van der Waals surface area contributed by atoms with Gasteiger partial charge in [-0.2, -0.15) is 0 Å². The van der Waals surface area contributed by atoms with E-state index in [9.17, 15) is 0 Å². The Morgan fingerprint density at radius 3 is 2.59 bits per heavy atom. The van der Waals surface area contributed by atoms with Gasteiger partial charge in [0.1, 0.15) is 6.61 Å². The maximum atomic E-state index is 6.12. The zero-order valence-electron chi connectivity index (χ0n) is 14.9. The standard InChI is InChI=1S/C21H20BrClN2O2/c1-26-20-6-5-19(22)18(13-25-12-15-7-9-24-10-8-15)21(20)27-14-16-3-2-4-17(23)11-16/h2-11,25H,12-14H2,1H3. The van der Waals surface area contributed by atoms with E-state index in [1.807, 2.05) is 48.5 Å². The van der Waals surface area contributed by atoms with Crippen molar-refractivity contribution in [2.45, 2.75) is 19.7 Å². The molecule has 0 radical (unpaired) electrons. The summed E-state index contributed by atoms with van der Waals surface area (Å²) in [6.07, 6.45) is 3.58. The zero-order chi connectivity index (χ0) is 19.1. The number of benzene rings is 2. The Hall–Kier alpha value is -2.08. The molecule has 2 aromatic carbocycles. The van der Waals surface area contributed by atoms with Crippen molar-refractivity contribution in [3.63, 3.8) is 0 Å². The van der Waals surface area contributed by atoms with Gasteiger partial charge >= 0.3 is 0 Å². The number of halogens is 2. The van der Waals surface area contributed by atoms with E-state index in [2.05, 4.69) is 26.2 Å². The summed E-state index contributed by atoms with van der Waals surface area (Å²) in [6.45, 7) is 1.77. The second kappa shape index (κ2) is 9.74. The lowest BCUT2D eigenvalue weighted by atomic mass is 10.1. The fourth-order valence-electron chi connectivity index (χ4n) is 2.68. The molecule has 4 nitrogen and oxygen atoms in total. The number of hydrogen-bond donors (Lipinski definition) is 1. The Morgan fingerprint density at radius 2 is 1.85 bits per heavy atom. The number of hydrogen-bond acceptors (Lipinski definition) is 4. The lowest BCUT2D eigenvalue weighted by Crippen LogP contribution is -2.14. The van der Waals surface area contributed by atoms with Gasteiger partial charge in [0, 0.05) is 40.5 Å². The monoisotopic (exact) mass is 446 g/mol. The smallest absolute Gasteiger partial charge is 0.167 e. The number of rotatable bonds is 8. The first-order valence-electron chi connectivity index (χ1n) is 8.49. The van der Waals surface area contributed by atoms with Crippen molar-refractivity contribution in [3.8, 4) is 11.5 Å². The third-order valence-corrected chi connectivity index (χ3v) is 5.02. The van der Waals surface area contributed by atoms with Gasteiger partial charge in [0.05, 0.1) is 7.11 Å². The average molecular weight is 448 g/mol. The predicted octanol–water partition coefficient (Wildman–Crippen LogP) is 5.37. The van der Waals surface area contributed by atoms with Crippen LogP contribution in [0.2, 0.25) is 5.02 Å². The number of nitrogens with one attached hydrogen (secondary N) is 1. The van der Waals surface area contributed by atoms with Gasteiger partial charge in [0.15, 0.2) is 11.5 Å². The van der Waals surface area contributed by atoms with Gasteiger partial charge in [0.25, 0.3) is 0 Å². The van der Waals surface area contributed by atoms with E-state index >= 15 is 0 Å². The third kappa shape index (κ3) is 5.45. The minimum absolute atomic E-state index is 0.407. The van der Waals surface area contributed by atoms with Crippen LogP contribution >= 0.6 is 27.5 Å². The second-order valence-electron chi connectivity index (χ2n) is 5.93. The van der Waals surface area contributed by atoms with E-state index in [4.69, 9.17) is 21.1 Å². The molecule has 1 N–H and O–H groups in total. The molecule has 140 valence electrons. The summed E-state index contributed by atoms with van der Waals surface area (Å²) < 4.78 is 12.6. The molecule has 0 atom stereocenters. The molecule has 0 fully saturated rings. The molecule has 27 heavy (non-hydrogen) atoms. The highest BCUT2D eigenvalue weighted by molar-refractivity contribution is 9.10. The van der Waals surface area contributed by atoms with Crippen molar-refractivity contribution in [2.24, 2.45) is 0 Å². The quantitative estimate of drug-likeness (QED) is 0.504. The highest BCUT2D eigenvalue weighted by Crippen LogP contribution is 2.37. The minimum Gasteiger partial charge on any atom is -0.493 e. The molecule has 0 saturated carbocycles. The van der Waals surface area contributed by atoms with Crippen molar-refractivity contribution in [2.75, 3.05) is 7.11 Å². The Bertz CT molecular complexity index is 891. The molecule has 0 amide bonds. The molecule has 0 bridgehead atoms. The largest absolute Gasteiger partial charge is 0.493 e. The van der Waals surface area contributed by atoms with Crippen LogP contribution in [0.25, 0.3) is 0 Å². The van der Waals surface area contributed by atoms with Crippen molar-refractivity contribution in [3.05, 3.63) is 87.1 Å². The summed E-state index contributed by atoms with van der Waals surface area (Å²) in [4.78, 5) is 4.04. The van der Waals surface area contributed by atoms with Crippen molar-refractivity contribution < 1.29 is 9.47 Å². The Balaban J connectivity index is 1.75. The molecule has 0 aliphatic heterocycles. The van der Waals surface area contributed by atoms with E-state index in [-0.39, 0.29) is 0 Å². The van der Waals surface area contributed by atoms with Crippen LogP contribution in [0.3, 0.4) is 0 Å². The molecule has 0 aliphatic carbocycles. The number of pyridine rings is 1. The van der Waals surface area contributed by atoms with E-state index in [0.717, 1.165) is 22.1 Å². The van der Waals surface area contributed by atoms with Crippen LogP contribution in [0.4, 0.5) is 0 Å². The van der Waals surface area contributed by atoms with Gasteiger partial charge in [-0.15, -0.1) is 0 Å².